The summed E-state index contributed by atoms with van der Waals surface area (Å²) < 4.78 is 21.6. The maximum atomic E-state index is 11.9. The van der Waals surface area contributed by atoms with E-state index in [9.17, 15) is 4.57 Å². The molecule has 0 fully saturated rings. The number of hydrogen-bond donors (Lipinski definition) is 1. The van der Waals surface area contributed by atoms with Crippen LogP contribution in [-0.4, -0.2) is 19.4 Å². The van der Waals surface area contributed by atoms with Gasteiger partial charge in [0.15, 0.2) is 5.71 Å². The molecular weight excluding hydrogens is 253 g/mol. The van der Waals surface area contributed by atoms with Gasteiger partial charge in [-0.05, 0) is 14.0 Å². The average Bonchev–Trinajstić information content (AvgIpc) is 2.41. The number of nitrogens with zero attached hydrogens (tertiary/aromatic N) is 2. The van der Waals surface area contributed by atoms with Crippen molar-refractivity contribution in [1.29, 1.82) is 5.26 Å². The van der Waals surface area contributed by atoms with Gasteiger partial charge in [-0.1, -0.05) is 35.5 Å². The van der Waals surface area contributed by atoms with Gasteiger partial charge in [-0.15, -0.1) is 0 Å². The lowest BCUT2D eigenvalue weighted by molar-refractivity contribution is 0.212. The summed E-state index contributed by atoms with van der Waals surface area (Å²) in [6, 6.07) is 10.6. The molecule has 6 nitrogen and oxygen atoms in total. The number of nitrogens with one attached hydrogen (secondary N) is 1. The Morgan fingerprint density at radius 3 is 2.67 bits per heavy atom. The molecule has 18 heavy (non-hydrogen) atoms. The van der Waals surface area contributed by atoms with Crippen molar-refractivity contribution in [3.8, 4) is 6.07 Å². The summed E-state index contributed by atoms with van der Waals surface area (Å²) in [7, 11) is -2.05. The van der Waals surface area contributed by atoms with E-state index in [0.29, 0.717) is 5.56 Å². The second-order valence-electron chi connectivity index (χ2n) is 3.14. The zero-order chi connectivity index (χ0) is 13.4. The van der Waals surface area contributed by atoms with Crippen molar-refractivity contribution in [3.05, 3.63) is 35.9 Å². The van der Waals surface area contributed by atoms with Crippen molar-refractivity contribution in [3.63, 3.8) is 0 Å². The fraction of sp³-hybridized carbons (Fsp3) is 0.273. The predicted octanol–water partition coefficient (Wildman–Crippen LogP) is 2.29. The molecule has 7 heteroatoms. The maximum absolute atomic E-state index is 11.9. The molecule has 0 amide bonds. The van der Waals surface area contributed by atoms with Crippen LogP contribution in [0.4, 0.5) is 0 Å². The molecule has 0 heterocycles. The molecule has 0 saturated heterocycles. The average molecular weight is 267 g/mol. The standard InChI is InChI=1S/C11H14N3O3P/c1-3-16-18(15,13-2)17-14-11(9-12)10-7-5-4-6-8-10/h4-8H,3H2,1-2H3,(H,13,15)/b14-11+. The Morgan fingerprint density at radius 1 is 1.50 bits per heavy atom. The van der Waals surface area contributed by atoms with Gasteiger partial charge in [-0.2, -0.15) is 5.26 Å². The van der Waals surface area contributed by atoms with Crippen molar-refractivity contribution in [2.24, 2.45) is 5.16 Å². The molecule has 1 rings (SSSR count). The lowest BCUT2D eigenvalue weighted by Gasteiger charge is -2.12. The van der Waals surface area contributed by atoms with Crippen LogP contribution in [0.5, 0.6) is 0 Å². The minimum atomic E-state index is -3.48. The molecule has 0 bridgehead atoms. The fourth-order valence-corrected chi connectivity index (χ4v) is 1.91. The third-order valence-electron chi connectivity index (χ3n) is 1.97. The largest absolute Gasteiger partial charge is 0.478 e. The van der Waals surface area contributed by atoms with Gasteiger partial charge < -0.3 is 4.62 Å². The summed E-state index contributed by atoms with van der Waals surface area (Å²) in [6.07, 6.45) is 0. The van der Waals surface area contributed by atoms with E-state index in [1.54, 1.807) is 31.2 Å². The quantitative estimate of drug-likeness (QED) is 0.485. The smallest absolute Gasteiger partial charge is 0.300 e. The molecule has 0 saturated carbocycles. The number of nitriles is 1. The predicted molar refractivity (Wildman–Crippen MR) is 68.0 cm³/mol. The monoisotopic (exact) mass is 267 g/mol. The summed E-state index contributed by atoms with van der Waals surface area (Å²) in [5, 5.41) is 15.0. The first-order valence-corrected chi connectivity index (χ1v) is 6.85. The third-order valence-corrected chi connectivity index (χ3v) is 3.41. The SMILES string of the molecule is CCOP(=O)(NC)O/N=C(\C#N)c1ccccc1. The molecule has 1 aromatic carbocycles. The van der Waals surface area contributed by atoms with Gasteiger partial charge in [0.05, 0.1) is 6.61 Å². The molecule has 0 aliphatic rings. The number of hydrogen-bond acceptors (Lipinski definition) is 5. The van der Waals surface area contributed by atoms with Crippen LogP contribution in [-0.2, 0) is 13.7 Å². The molecule has 0 spiro atoms. The first-order chi connectivity index (χ1) is 8.65. The second kappa shape index (κ2) is 6.92. The van der Waals surface area contributed by atoms with Crippen LogP contribution in [0.15, 0.2) is 35.5 Å². The molecule has 1 atom stereocenters. The van der Waals surface area contributed by atoms with Gasteiger partial charge in [0, 0.05) is 5.56 Å². The number of oxime groups is 1. The minimum absolute atomic E-state index is 0.0331. The normalized spacial score (nSPS) is 14.6. The van der Waals surface area contributed by atoms with Crippen molar-refractivity contribution >= 4 is 13.5 Å². The van der Waals surface area contributed by atoms with Crippen LogP contribution in [0, 0.1) is 11.3 Å². The van der Waals surface area contributed by atoms with Gasteiger partial charge in [0.1, 0.15) is 6.07 Å². The Morgan fingerprint density at radius 2 is 2.17 bits per heavy atom. The van der Waals surface area contributed by atoms with E-state index in [4.69, 9.17) is 14.4 Å². The molecular formula is C11H14N3O3P. The van der Waals surface area contributed by atoms with E-state index in [0.717, 1.165) is 0 Å². The van der Waals surface area contributed by atoms with Crippen LogP contribution < -0.4 is 5.09 Å². The maximum Gasteiger partial charge on any atom is 0.478 e. The van der Waals surface area contributed by atoms with E-state index in [-0.39, 0.29) is 12.3 Å². The summed E-state index contributed by atoms with van der Waals surface area (Å²) >= 11 is 0. The van der Waals surface area contributed by atoms with Crippen molar-refractivity contribution in [1.82, 2.24) is 5.09 Å². The Bertz CT molecular complexity index is 496. The zero-order valence-corrected chi connectivity index (χ0v) is 11.1. The van der Waals surface area contributed by atoms with Crippen LogP contribution in [0.1, 0.15) is 12.5 Å². The lowest BCUT2D eigenvalue weighted by atomic mass is 10.1. The lowest BCUT2D eigenvalue weighted by Crippen LogP contribution is -2.08. The van der Waals surface area contributed by atoms with Crippen molar-refractivity contribution < 1.29 is 13.7 Å². The van der Waals surface area contributed by atoms with E-state index >= 15 is 0 Å². The van der Waals surface area contributed by atoms with Gasteiger partial charge in [-0.3, -0.25) is 4.52 Å². The summed E-state index contributed by atoms with van der Waals surface area (Å²) in [6.45, 7) is 1.89. The van der Waals surface area contributed by atoms with Gasteiger partial charge in [0.2, 0.25) is 0 Å². The highest BCUT2D eigenvalue weighted by Gasteiger charge is 2.23. The topological polar surface area (TPSA) is 83.7 Å². The summed E-state index contributed by atoms with van der Waals surface area (Å²) in [4.78, 5) is 0. The zero-order valence-electron chi connectivity index (χ0n) is 10.2. The van der Waals surface area contributed by atoms with E-state index in [1.807, 2.05) is 12.1 Å². The molecule has 0 aliphatic heterocycles. The fourth-order valence-electron chi connectivity index (χ4n) is 1.13. The van der Waals surface area contributed by atoms with Gasteiger partial charge in [0.25, 0.3) is 0 Å². The highest BCUT2D eigenvalue weighted by molar-refractivity contribution is 7.51. The molecule has 1 aromatic rings. The highest BCUT2D eigenvalue weighted by Crippen LogP contribution is 2.43. The molecule has 0 radical (unpaired) electrons. The molecule has 96 valence electrons. The van der Waals surface area contributed by atoms with Gasteiger partial charge >= 0.3 is 7.75 Å². The Kier molecular flexibility index (Phi) is 5.53. The highest BCUT2D eigenvalue weighted by atomic mass is 31.2. The third kappa shape index (κ3) is 3.97. The van der Waals surface area contributed by atoms with E-state index in [2.05, 4.69) is 10.2 Å². The molecule has 0 aliphatic carbocycles. The Hall–Kier alpha value is -1.67. The van der Waals surface area contributed by atoms with E-state index < -0.39 is 7.75 Å². The summed E-state index contributed by atoms with van der Waals surface area (Å²) in [5.74, 6) is 0. The molecule has 1 unspecified atom stereocenters. The second-order valence-corrected chi connectivity index (χ2v) is 5.00. The molecule has 0 aromatic heterocycles. The first kappa shape index (κ1) is 14.4. The van der Waals surface area contributed by atoms with Crippen LogP contribution >= 0.6 is 7.75 Å². The number of benzene rings is 1. The summed E-state index contributed by atoms with van der Waals surface area (Å²) in [5.41, 5.74) is 0.616. The van der Waals surface area contributed by atoms with Gasteiger partial charge in [-0.25, -0.2) is 9.65 Å². The minimum Gasteiger partial charge on any atom is -0.300 e. The Labute approximate surface area is 106 Å². The van der Waals surface area contributed by atoms with Crippen LogP contribution in [0.2, 0.25) is 0 Å². The molecule has 1 N–H and O–H groups in total. The Balaban J connectivity index is 2.88. The number of rotatable bonds is 6. The van der Waals surface area contributed by atoms with Crippen LogP contribution in [0.3, 0.4) is 0 Å². The first-order valence-electron chi connectivity index (χ1n) is 5.31. The van der Waals surface area contributed by atoms with Crippen LogP contribution in [0.25, 0.3) is 0 Å². The van der Waals surface area contributed by atoms with Crippen molar-refractivity contribution in [2.75, 3.05) is 13.7 Å². The van der Waals surface area contributed by atoms with Crippen molar-refractivity contribution in [2.45, 2.75) is 6.92 Å². The van der Waals surface area contributed by atoms with E-state index in [1.165, 1.54) is 7.05 Å².